The van der Waals surface area contributed by atoms with Crippen LogP contribution in [0.5, 0.6) is 0 Å². The van der Waals surface area contributed by atoms with Crippen molar-refractivity contribution in [3.05, 3.63) is 103 Å². The van der Waals surface area contributed by atoms with Crippen LogP contribution in [0.2, 0.25) is 26.2 Å². The second-order valence-electron chi connectivity index (χ2n) is 14.7. The van der Waals surface area contributed by atoms with Crippen molar-refractivity contribution < 1.29 is 51.0 Å². The number of fused-ring (bicyclic) bond motifs is 8. The van der Waals surface area contributed by atoms with E-state index in [-0.39, 0.29) is 106 Å². The summed E-state index contributed by atoms with van der Waals surface area (Å²) in [5.74, 6) is 0.460. The van der Waals surface area contributed by atoms with Gasteiger partial charge >= 0.3 is 26.2 Å². The Labute approximate surface area is 300 Å². The van der Waals surface area contributed by atoms with Gasteiger partial charge in [0.05, 0.1) is 0 Å². The first kappa shape index (κ1) is 40.8. The molecule has 8 atom stereocenters. The van der Waals surface area contributed by atoms with E-state index in [1.165, 1.54) is 5.57 Å². The van der Waals surface area contributed by atoms with E-state index in [1.54, 1.807) is 0 Å². The van der Waals surface area contributed by atoms with Crippen LogP contribution in [0, 0.1) is 56.3 Å². The second-order valence-corrected chi connectivity index (χ2v) is 24.7. The maximum atomic E-state index is 2.99. The molecule has 0 heterocycles. The maximum Gasteiger partial charge on any atom is 4.00 e. The zero-order chi connectivity index (χ0) is 29.8. The molecule has 0 spiro atoms. The van der Waals surface area contributed by atoms with Crippen LogP contribution in [-0.4, -0.2) is 16.6 Å². The van der Waals surface area contributed by atoms with E-state index < -0.39 is 0 Å². The fourth-order valence-electron chi connectivity index (χ4n) is 9.58. The summed E-state index contributed by atoms with van der Waals surface area (Å²) in [6, 6.07) is 0. The van der Waals surface area contributed by atoms with Gasteiger partial charge in [-0.3, -0.25) is 6.08 Å². The van der Waals surface area contributed by atoms with E-state index in [0.29, 0.717) is 5.92 Å². The number of hydrogen-bond acceptors (Lipinski definition) is 0. The molecule has 0 bridgehead atoms. The van der Waals surface area contributed by atoms with Gasteiger partial charge < -0.3 is 31.2 Å². The first-order chi connectivity index (χ1) is 18.5. The summed E-state index contributed by atoms with van der Waals surface area (Å²) in [7, 11) is 0.300. The molecule has 2 radical (unpaired) electrons. The molecule has 232 valence electrons. The largest absolute Gasteiger partial charge is 4.00 e. The summed E-state index contributed by atoms with van der Waals surface area (Å²) in [4.78, 5) is 0. The number of rotatable bonds is 1. The van der Waals surface area contributed by atoms with Crippen LogP contribution >= 0.6 is 0 Å². The van der Waals surface area contributed by atoms with Crippen LogP contribution < -0.4 is 24.8 Å². The molecule has 6 aliphatic carbocycles. The zero-order valence-corrected chi connectivity index (χ0v) is 34.7. The summed E-state index contributed by atoms with van der Waals surface area (Å²) in [5, 5.41) is 0. The molecule has 0 aliphatic heterocycles. The first-order valence-corrected chi connectivity index (χ1v) is 21.3. The van der Waals surface area contributed by atoms with Gasteiger partial charge in [-0.25, -0.2) is 12.2 Å². The normalized spacial score (nSPS) is 43.4. The Morgan fingerprint density at radius 3 is 1.58 bits per heavy atom. The number of allylic oxidation sites excluding steroid dienone is 16. The first-order valence-electron chi connectivity index (χ1n) is 15.3. The van der Waals surface area contributed by atoms with Gasteiger partial charge in [-0.05, 0) is 28.6 Å². The summed E-state index contributed by atoms with van der Waals surface area (Å²) in [5.41, 5.74) is 1.73. The summed E-state index contributed by atoms with van der Waals surface area (Å²) in [6.07, 6.45) is 39.3. The Kier molecular flexibility index (Phi) is 13.2. The summed E-state index contributed by atoms with van der Waals surface area (Å²) in [6.45, 7) is 29.9. The van der Waals surface area contributed by atoms with Gasteiger partial charge in [-0.2, -0.15) is 6.08 Å². The minimum atomic E-state index is 0. The van der Waals surface area contributed by atoms with Gasteiger partial charge in [0.2, 0.25) is 0 Å². The summed E-state index contributed by atoms with van der Waals surface area (Å²) < 4.78 is 0. The van der Waals surface area contributed by atoms with E-state index in [2.05, 4.69) is 167 Å². The third-order valence-electron chi connectivity index (χ3n) is 13.6. The molecule has 2 fully saturated rings. The Bertz CT molecular complexity index is 1240. The third-order valence-corrected chi connectivity index (χ3v) is 21.6. The van der Waals surface area contributed by atoms with Crippen LogP contribution in [0.15, 0.2) is 90.6 Å². The Balaban J connectivity index is 0.000000564. The minimum absolute atomic E-state index is 0. The summed E-state index contributed by atoms with van der Waals surface area (Å²) >= 11 is 0. The van der Waals surface area contributed by atoms with Gasteiger partial charge in [0, 0.05) is 27.5 Å². The molecule has 0 aromatic carbocycles. The molecule has 43 heavy (non-hydrogen) atoms. The van der Waals surface area contributed by atoms with Crippen molar-refractivity contribution in [2.75, 3.05) is 0 Å². The molecular weight excluding hydrogens is 675 g/mol. The van der Waals surface area contributed by atoms with E-state index >= 15 is 0 Å². The SMILES string of the molecule is CC1=CC=CC2[CH-]C3(C)C4(C)C=CC=CC4(C)C4(C)C=CC=CC4(C)C3(C)C12C.C[Si](C)[Si](C)C.[C-]1=CC=CC1.[Cl-].[Cl-].[Zr+4]. The van der Waals surface area contributed by atoms with Gasteiger partial charge in [-0.15, -0.1) is 23.8 Å². The van der Waals surface area contributed by atoms with Crippen molar-refractivity contribution >= 4 is 16.6 Å². The molecule has 8 unspecified atom stereocenters. The molecule has 0 aromatic rings. The standard InChI is InChI=1S/C29H37.C5H5.C4H12Si2.2ClH.Zr/c1-21-14-13-15-22-20-27(6)25(4)18-10-9-16-23(25,2)24(3)17-11-12-19-26(24,5)29(27,8)28(21,22)7;1-2-4-5-3-1;1-5(2)6(3)4;;;/h9-20,22H,1-8H3;1-3H,4H2;1-4H3;2*1H;/q2*-1;;;;+4/p-2. The average molecular weight is 729 g/mol. The van der Waals surface area contributed by atoms with E-state index in [0.717, 1.165) is 6.42 Å². The predicted molar refractivity (Wildman–Crippen MR) is 181 cm³/mol. The van der Waals surface area contributed by atoms with Gasteiger partial charge in [0.1, 0.15) is 0 Å². The average Bonchev–Trinajstić information content (AvgIpc) is 3.54. The monoisotopic (exact) mass is 726 g/mol. The molecule has 0 aromatic heterocycles. The van der Waals surface area contributed by atoms with Crippen LogP contribution in [0.3, 0.4) is 0 Å². The van der Waals surface area contributed by atoms with Gasteiger partial charge in [0.25, 0.3) is 0 Å². The zero-order valence-electron chi connectivity index (χ0n) is 28.7. The Hall–Kier alpha value is -0.183. The van der Waals surface area contributed by atoms with Crippen LogP contribution in [-0.2, 0) is 26.2 Å². The molecule has 0 N–H and O–H groups in total. The van der Waals surface area contributed by atoms with Gasteiger partial charge in [-0.1, -0.05) is 141 Å². The quantitative estimate of drug-likeness (QED) is 0.275. The maximum absolute atomic E-state index is 2.99. The molecule has 0 amide bonds. The fourth-order valence-corrected chi connectivity index (χ4v) is 9.58. The molecular formula is C38H54Cl2Si2Zr. The second kappa shape index (κ2) is 13.9. The van der Waals surface area contributed by atoms with Gasteiger partial charge in [0.15, 0.2) is 0 Å². The fraction of sp³-hybridized carbons (Fsp3) is 0.553. The molecule has 2 saturated carbocycles. The van der Waals surface area contributed by atoms with Crippen LogP contribution in [0.1, 0.15) is 61.8 Å². The van der Waals surface area contributed by atoms with E-state index in [9.17, 15) is 0 Å². The van der Waals surface area contributed by atoms with Crippen molar-refractivity contribution in [1.29, 1.82) is 0 Å². The third kappa shape index (κ3) is 5.21. The molecule has 0 saturated heterocycles. The van der Waals surface area contributed by atoms with Crippen molar-refractivity contribution in [1.82, 2.24) is 0 Å². The molecule has 5 heteroatoms. The van der Waals surface area contributed by atoms with Crippen molar-refractivity contribution in [3.63, 3.8) is 0 Å². The molecule has 6 rings (SSSR count). The Morgan fingerprint density at radius 1 is 0.698 bits per heavy atom. The van der Waals surface area contributed by atoms with E-state index in [1.807, 2.05) is 12.2 Å². The smallest absolute Gasteiger partial charge is 1.00 e. The number of hydrogen-bond donors (Lipinski definition) is 0. The number of halogens is 2. The predicted octanol–water partition coefficient (Wildman–Crippen LogP) is 4.53. The van der Waals surface area contributed by atoms with Crippen molar-refractivity contribution in [3.8, 4) is 0 Å². The van der Waals surface area contributed by atoms with Crippen LogP contribution in [0.4, 0.5) is 0 Å². The minimum Gasteiger partial charge on any atom is -1.00 e. The van der Waals surface area contributed by atoms with Crippen molar-refractivity contribution in [2.24, 2.45) is 43.8 Å². The van der Waals surface area contributed by atoms with E-state index in [4.69, 9.17) is 0 Å². The van der Waals surface area contributed by atoms with Crippen molar-refractivity contribution in [2.45, 2.75) is 88.0 Å². The Morgan fingerprint density at radius 2 is 1.16 bits per heavy atom. The topological polar surface area (TPSA) is 0 Å². The molecule has 6 aliphatic rings. The molecule has 0 nitrogen and oxygen atoms in total. The van der Waals surface area contributed by atoms with Crippen LogP contribution in [0.25, 0.3) is 0 Å².